The van der Waals surface area contributed by atoms with Gasteiger partial charge in [-0.25, -0.2) is 0 Å². The molecule has 142 valence electrons. The first-order valence-electron chi connectivity index (χ1n) is 4.03. The van der Waals surface area contributed by atoms with Gasteiger partial charge in [0.1, 0.15) is 0 Å². The number of halogens is 1. The first-order chi connectivity index (χ1) is 10.7. The van der Waals surface area contributed by atoms with Crippen molar-refractivity contribution in [3.63, 3.8) is 0 Å². The van der Waals surface area contributed by atoms with Crippen molar-refractivity contribution in [1.29, 1.82) is 0 Å². The summed E-state index contributed by atoms with van der Waals surface area (Å²) in [5, 5.41) is 0. The van der Waals surface area contributed by atoms with Gasteiger partial charge >= 0.3 is 107 Å². The second-order valence-electron chi connectivity index (χ2n) is 2.12. The number of hydrogen-bond acceptors (Lipinski definition) is 16. The van der Waals surface area contributed by atoms with Crippen LogP contribution in [0.25, 0.3) is 0 Å². The molecule has 4 unspecified atom stereocenters. The van der Waals surface area contributed by atoms with E-state index >= 15 is 0 Å². The molecule has 0 fully saturated rings. The van der Waals surface area contributed by atoms with E-state index in [2.05, 4.69) is 28.8 Å². The molecule has 0 aromatic heterocycles. The van der Waals surface area contributed by atoms with Gasteiger partial charge < -0.3 is 29.4 Å². The van der Waals surface area contributed by atoms with Crippen LogP contribution in [0.3, 0.4) is 0 Å². The molecule has 26 heteroatoms. The Balaban J connectivity index is -0.0000000677. The average Bonchev–Trinajstić information content (AvgIpc) is 2.24. The molecule has 0 aromatic carbocycles. The van der Waals surface area contributed by atoms with Crippen molar-refractivity contribution in [1.82, 2.24) is 0 Å². The van der Waals surface area contributed by atoms with Crippen LogP contribution in [0.15, 0.2) is 0 Å². The van der Waals surface area contributed by atoms with Crippen molar-refractivity contribution >= 4 is 60.3 Å². The first kappa shape index (κ1) is 43.5. The fourth-order valence-corrected chi connectivity index (χ4v) is 3.74. The Morgan fingerprint density at radius 1 is 0.593 bits per heavy atom. The summed E-state index contributed by atoms with van der Waals surface area (Å²) in [5.41, 5.74) is 0. The molecule has 16 nitrogen and oxygen atoms in total. The van der Waals surface area contributed by atoms with Crippen LogP contribution in [0.5, 0.6) is 0 Å². The standard InChI is InChI=1S/CH3Cl.2HO8P3.3Zn/c1-2;2*1-9(2)7-11(5,6)8-10(3)4;;;/h1H3;2*(H,5,6);;;/q;;;3*+2/p-2. The zero-order chi connectivity index (χ0) is 20.1. The van der Waals surface area contributed by atoms with E-state index in [1.165, 1.54) is 6.38 Å². The Kier molecular flexibility index (Phi) is 37.5. The normalized spacial score (nSPS) is 15.6. The average molecular weight is 688 g/mol. The Bertz CT molecular complexity index is 464. The quantitative estimate of drug-likeness (QED) is 0.150. The molecule has 0 saturated heterocycles. The van der Waals surface area contributed by atoms with Crippen LogP contribution in [-0.4, -0.2) is 6.38 Å². The van der Waals surface area contributed by atoms with Gasteiger partial charge in [0.25, 0.3) is 0 Å². The Morgan fingerprint density at radius 3 is 0.778 bits per heavy atom. The summed E-state index contributed by atoms with van der Waals surface area (Å²) >= 11 is 4.64. The van der Waals surface area contributed by atoms with E-state index in [1.54, 1.807) is 0 Å². The van der Waals surface area contributed by atoms with E-state index in [9.17, 15) is 56.8 Å². The smallest absolute Gasteiger partial charge is 0.750 e. The van der Waals surface area contributed by atoms with Crippen molar-refractivity contribution in [2.75, 3.05) is 6.38 Å². The minimum Gasteiger partial charge on any atom is -0.750 e. The molecule has 27 heavy (non-hydrogen) atoms. The van der Waals surface area contributed by atoms with Crippen LogP contribution < -0.4 is 29.4 Å². The van der Waals surface area contributed by atoms with Gasteiger partial charge in [-0.1, -0.05) is 17.2 Å². The largest absolute Gasteiger partial charge is 2.00 e. The van der Waals surface area contributed by atoms with E-state index in [4.69, 9.17) is 0 Å². The van der Waals surface area contributed by atoms with Gasteiger partial charge in [-0.05, 0) is 18.3 Å². The third-order valence-corrected chi connectivity index (χ3v) is 6.00. The second kappa shape index (κ2) is 23.3. The molecule has 0 saturated carbocycles. The van der Waals surface area contributed by atoms with Crippen molar-refractivity contribution < 1.29 is 132 Å². The predicted octanol–water partition coefficient (Wildman–Crippen LogP) is -2.11. The van der Waals surface area contributed by atoms with Crippen molar-refractivity contribution in [2.24, 2.45) is 0 Å². The summed E-state index contributed by atoms with van der Waals surface area (Å²) in [7, 11) is -25.2. The van der Waals surface area contributed by atoms with Gasteiger partial charge in [-0.15, -0.1) is 11.6 Å². The molecule has 0 N–H and O–H groups in total. The monoisotopic (exact) mass is 684 g/mol. The molecule has 0 bridgehead atoms. The summed E-state index contributed by atoms with van der Waals surface area (Å²) in [4.78, 5) is 58.4. The molecule has 0 rings (SSSR count). The van der Waals surface area contributed by atoms with Crippen LogP contribution in [0.2, 0.25) is 0 Å². The summed E-state index contributed by atoms with van der Waals surface area (Å²) in [6.07, 6.45) is 1.47. The van der Waals surface area contributed by atoms with Gasteiger partial charge in [-0.3, -0.25) is 9.13 Å². The molecular formula is CH3ClO16P6Zn3+4. The van der Waals surface area contributed by atoms with Gasteiger partial charge in [0.05, 0.1) is 0 Å². The molecule has 0 radical (unpaired) electrons. The maximum Gasteiger partial charge on any atom is 2.00 e. The topological polar surface area (TPSA) is 278 Å². The van der Waals surface area contributed by atoms with E-state index in [0.717, 1.165) is 0 Å². The maximum absolute atomic E-state index is 10.1. The van der Waals surface area contributed by atoms with Crippen LogP contribution in [0.4, 0.5) is 0 Å². The number of hydrogen-bond donors (Lipinski definition) is 0. The van der Waals surface area contributed by atoms with Gasteiger partial charge in [0, 0.05) is 6.38 Å². The summed E-state index contributed by atoms with van der Waals surface area (Å²) in [6, 6.07) is 0. The molecular weight excluding hydrogens is 685 g/mol. The number of alkyl halides is 1. The SMILES string of the molecule is CCl.O=[P+]([O-])OP(=O)([O-])O[P+](=O)[O-].O=[P+]([O-])OP(=O)([O-])O[P+](=O)[O-].[Zn+2].[Zn+2].[Zn+2]. The van der Waals surface area contributed by atoms with Crippen LogP contribution in [0.1, 0.15) is 0 Å². The van der Waals surface area contributed by atoms with Crippen LogP contribution >= 0.6 is 60.3 Å². The number of rotatable bonds is 8. The molecule has 0 aliphatic rings. The maximum atomic E-state index is 10.1. The van der Waals surface area contributed by atoms with Crippen molar-refractivity contribution in [3.05, 3.63) is 0 Å². The Morgan fingerprint density at radius 2 is 0.704 bits per heavy atom. The molecule has 4 atom stereocenters. The fraction of sp³-hybridized carbons (Fsp3) is 1.00. The number of phosphoric acid groups is 2. The molecule has 0 aromatic rings. The van der Waals surface area contributed by atoms with Crippen LogP contribution in [-0.2, 0) is 103 Å². The summed E-state index contributed by atoms with van der Waals surface area (Å²) in [5.74, 6) is 0. The first-order valence-corrected chi connectivity index (χ1v) is 12.1. The Labute approximate surface area is 198 Å². The molecule has 0 amide bonds. The van der Waals surface area contributed by atoms with Crippen LogP contribution in [0, 0.1) is 0 Å². The minimum atomic E-state index is -5.25. The summed E-state index contributed by atoms with van der Waals surface area (Å²) < 4.78 is 70.8. The summed E-state index contributed by atoms with van der Waals surface area (Å²) in [6.45, 7) is 0. The fourth-order valence-electron chi connectivity index (χ4n) is 0.356. The second-order valence-corrected chi connectivity index (χ2v) is 8.31. The van der Waals surface area contributed by atoms with Crippen molar-refractivity contribution in [2.45, 2.75) is 0 Å². The molecule has 0 spiro atoms. The predicted molar refractivity (Wildman–Crippen MR) is 61.8 cm³/mol. The third-order valence-electron chi connectivity index (χ3n) is 0.667. The van der Waals surface area contributed by atoms with Gasteiger partial charge in [0.15, 0.2) is 0 Å². The minimum absolute atomic E-state index is 0. The van der Waals surface area contributed by atoms with Crippen molar-refractivity contribution in [3.8, 4) is 0 Å². The van der Waals surface area contributed by atoms with E-state index < -0.39 is 48.7 Å². The molecule has 0 aliphatic carbocycles. The zero-order valence-electron chi connectivity index (χ0n) is 12.7. The third kappa shape index (κ3) is 39.6. The van der Waals surface area contributed by atoms with E-state index in [0.29, 0.717) is 0 Å². The zero-order valence-corrected chi connectivity index (χ0v) is 27.7. The Hall–Kier alpha value is 2.62. The van der Waals surface area contributed by atoms with E-state index in [1.807, 2.05) is 0 Å². The van der Waals surface area contributed by atoms with Gasteiger partial charge in [0.2, 0.25) is 0 Å². The van der Waals surface area contributed by atoms with E-state index in [-0.39, 0.29) is 58.4 Å². The molecule has 0 heterocycles. The van der Waals surface area contributed by atoms with Gasteiger partial charge in [-0.2, -0.15) is 0 Å². The molecule has 0 aliphatic heterocycles.